The average molecular weight is 484 g/mol. The molecule has 1 aliphatic rings. The Morgan fingerprint density at radius 2 is 2.09 bits per heavy atom. The number of esters is 1. The van der Waals surface area contributed by atoms with Crippen LogP contribution in [0.4, 0.5) is 5.00 Å². The Bertz CT molecular complexity index is 1150. The van der Waals surface area contributed by atoms with Crippen molar-refractivity contribution in [2.75, 3.05) is 17.7 Å². The third kappa shape index (κ3) is 5.91. The van der Waals surface area contributed by atoms with Crippen LogP contribution in [0, 0.1) is 5.92 Å². The van der Waals surface area contributed by atoms with E-state index in [1.165, 1.54) is 11.3 Å². The van der Waals surface area contributed by atoms with Gasteiger partial charge in [-0.25, -0.2) is 4.79 Å². The van der Waals surface area contributed by atoms with Crippen LogP contribution in [0.3, 0.4) is 0 Å². The van der Waals surface area contributed by atoms with Crippen LogP contribution in [0.1, 0.15) is 52.5 Å². The number of carbonyl (C=O) groups excluding carboxylic acids is 2. The van der Waals surface area contributed by atoms with Crippen LogP contribution in [-0.4, -0.2) is 34.4 Å². The smallest absolute Gasteiger partial charge is 0.341 e. The fourth-order valence-electron chi connectivity index (χ4n) is 3.63. The number of rotatable bonds is 8. The molecule has 1 unspecified atom stereocenters. The largest absolute Gasteiger partial charge is 0.462 e. The lowest BCUT2D eigenvalue weighted by Crippen LogP contribution is -2.17. The summed E-state index contributed by atoms with van der Waals surface area (Å²) in [7, 11) is 0. The summed E-state index contributed by atoms with van der Waals surface area (Å²) in [5.74, 6) is 0.404. The van der Waals surface area contributed by atoms with Crippen molar-refractivity contribution in [2.45, 2.75) is 38.3 Å². The van der Waals surface area contributed by atoms with Crippen molar-refractivity contribution in [1.82, 2.24) is 10.2 Å². The monoisotopic (exact) mass is 483 g/mol. The maximum Gasteiger partial charge on any atom is 0.341 e. The highest BCUT2D eigenvalue weighted by Crippen LogP contribution is 2.40. The minimum atomic E-state index is -0.376. The second-order valence-electron chi connectivity index (χ2n) is 7.76. The van der Waals surface area contributed by atoms with Crippen molar-refractivity contribution in [3.8, 4) is 0 Å². The van der Waals surface area contributed by atoms with Gasteiger partial charge in [0.05, 0.1) is 17.9 Å². The van der Waals surface area contributed by atoms with E-state index in [0.717, 1.165) is 47.0 Å². The number of ether oxygens (including phenoxy) is 1. The lowest BCUT2D eigenvalue weighted by molar-refractivity contribution is -0.113. The van der Waals surface area contributed by atoms with Crippen molar-refractivity contribution in [3.05, 3.63) is 57.8 Å². The molecule has 9 heteroatoms. The predicted molar refractivity (Wildman–Crippen MR) is 130 cm³/mol. The van der Waals surface area contributed by atoms with E-state index in [9.17, 15) is 9.59 Å². The molecule has 1 amide bonds. The second-order valence-corrected chi connectivity index (χ2v) is 9.80. The van der Waals surface area contributed by atoms with E-state index >= 15 is 0 Å². The van der Waals surface area contributed by atoms with Crippen LogP contribution in [0.15, 0.2) is 40.0 Å². The third-order valence-corrected chi connectivity index (χ3v) is 7.20. The number of nitrogens with one attached hydrogen (secondary N) is 1. The molecule has 1 aliphatic carbocycles. The molecular weight excluding hydrogens is 458 g/mol. The Hall–Kier alpha value is -2.91. The van der Waals surface area contributed by atoms with Crippen molar-refractivity contribution in [2.24, 2.45) is 5.92 Å². The molecule has 1 aromatic carbocycles. The van der Waals surface area contributed by atoms with Crippen molar-refractivity contribution >= 4 is 52.1 Å². The Morgan fingerprint density at radius 3 is 2.88 bits per heavy atom. The molecule has 1 N–H and O–H groups in total. The van der Waals surface area contributed by atoms with Crippen LogP contribution in [-0.2, 0) is 22.4 Å². The quantitative estimate of drug-likeness (QED) is 0.342. The summed E-state index contributed by atoms with van der Waals surface area (Å²) in [6, 6.07) is 9.79. The molecule has 2 heterocycles. The van der Waals surface area contributed by atoms with Gasteiger partial charge in [0.1, 0.15) is 5.00 Å². The lowest BCUT2D eigenvalue weighted by Gasteiger charge is -2.18. The zero-order valence-corrected chi connectivity index (χ0v) is 20.1. The van der Waals surface area contributed by atoms with Gasteiger partial charge in [-0.3, -0.25) is 4.79 Å². The van der Waals surface area contributed by atoms with Crippen LogP contribution in [0.25, 0.3) is 12.2 Å². The summed E-state index contributed by atoms with van der Waals surface area (Å²) >= 11 is 2.63. The van der Waals surface area contributed by atoms with Gasteiger partial charge >= 0.3 is 5.97 Å². The van der Waals surface area contributed by atoms with Gasteiger partial charge in [0.2, 0.25) is 11.8 Å². The number of nitrogens with zero attached hydrogens (tertiary/aromatic N) is 2. The summed E-state index contributed by atoms with van der Waals surface area (Å²) in [6.45, 7) is 4.28. The van der Waals surface area contributed by atoms with Crippen molar-refractivity contribution in [3.63, 3.8) is 0 Å². The fraction of sp³-hybridized carbons (Fsp3) is 0.333. The van der Waals surface area contributed by atoms with Gasteiger partial charge in [0, 0.05) is 11.0 Å². The lowest BCUT2D eigenvalue weighted by atomic mass is 9.88. The number of amides is 1. The van der Waals surface area contributed by atoms with E-state index in [4.69, 9.17) is 9.15 Å². The summed E-state index contributed by atoms with van der Waals surface area (Å²) in [4.78, 5) is 26.4. The van der Waals surface area contributed by atoms with E-state index in [1.807, 2.05) is 36.4 Å². The minimum absolute atomic E-state index is 0.0886. The molecule has 7 nitrogen and oxygen atoms in total. The zero-order valence-electron chi connectivity index (χ0n) is 18.5. The fourth-order valence-corrected chi connectivity index (χ4v) is 5.61. The van der Waals surface area contributed by atoms with Gasteiger partial charge in [-0.05, 0) is 49.3 Å². The topological polar surface area (TPSA) is 94.3 Å². The van der Waals surface area contributed by atoms with Crippen LogP contribution in [0.2, 0.25) is 0 Å². The standard InChI is InChI=1S/C24H25N3O4S2/c1-3-30-23(29)21-17-11-9-15(2)13-18(17)33-22(21)25-19(28)14-32-24-27-26-20(31-24)12-10-16-7-5-4-6-8-16/h4-8,10,12,15H,3,9,11,13-14H2,1-2H3,(H,25,28). The Labute approximate surface area is 200 Å². The third-order valence-electron chi connectivity index (χ3n) is 5.21. The highest BCUT2D eigenvalue weighted by molar-refractivity contribution is 7.99. The van der Waals surface area contributed by atoms with E-state index in [1.54, 1.807) is 13.0 Å². The molecule has 0 radical (unpaired) electrons. The van der Waals surface area contributed by atoms with Crippen LogP contribution < -0.4 is 5.32 Å². The van der Waals surface area contributed by atoms with Gasteiger partial charge in [0.15, 0.2) is 0 Å². The SMILES string of the molecule is CCOC(=O)c1c(NC(=O)CSc2nnc(C=Cc3ccccc3)o2)sc2c1CCC(C)C2. The normalized spacial score (nSPS) is 15.4. The molecule has 3 aromatic rings. The van der Waals surface area contributed by atoms with Crippen LogP contribution >= 0.6 is 23.1 Å². The van der Waals surface area contributed by atoms with Gasteiger partial charge in [-0.15, -0.1) is 21.5 Å². The molecule has 2 aromatic heterocycles. The number of thioether (sulfide) groups is 1. The molecule has 0 bridgehead atoms. The number of fused-ring (bicyclic) bond motifs is 1. The molecule has 0 aliphatic heterocycles. The van der Waals surface area contributed by atoms with Gasteiger partial charge < -0.3 is 14.5 Å². The molecule has 0 saturated heterocycles. The zero-order chi connectivity index (χ0) is 23.2. The van der Waals surface area contributed by atoms with E-state index in [-0.39, 0.29) is 17.6 Å². The highest BCUT2D eigenvalue weighted by Gasteiger charge is 2.29. The number of hydrogen-bond acceptors (Lipinski definition) is 8. The first-order valence-corrected chi connectivity index (χ1v) is 12.6. The second kappa shape index (κ2) is 10.8. The predicted octanol–water partition coefficient (Wildman–Crippen LogP) is 5.33. The van der Waals surface area contributed by atoms with Crippen molar-refractivity contribution < 1.29 is 18.7 Å². The average Bonchev–Trinajstić information content (AvgIpc) is 3.40. The molecular formula is C24H25N3O4S2. The van der Waals surface area contributed by atoms with E-state index in [0.29, 0.717) is 34.2 Å². The number of hydrogen-bond donors (Lipinski definition) is 1. The number of anilines is 1. The summed E-state index contributed by atoms with van der Waals surface area (Å²) in [6.07, 6.45) is 6.38. The first-order chi connectivity index (χ1) is 16.0. The molecule has 0 spiro atoms. The highest BCUT2D eigenvalue weighted by atomic mass is 32.2. The molecule has 172 valence electrons. The molecule has 0 saturated carbocycles. The summed E-state index contributed by atoms with van der Waals surface area (Å²) in [5, 5.41) is 11.7. The number of aromatic nitrogens is 2. The van der Waals surface area contributed by atoms with E-state index < -0.39 is 0 Å². The van der Waals surface area contributed by atoms with Crippen molar-refractivity contribution in [1.29, 1.82) is 0 Å². The summed E-state index contributed by atoms with van der Waals surface area (Å²) < 4.78 is 10.8. The molecule has 1 atom stereocenters. The van der Waals surface area contributed by atoms with Crippen LogP contribution in [0.5, 0.6) is 0 Å². The van der Waals surface area contributed by atoms with Gasteiger partial charge in [-0.1, -0.05) is 49.0 Å². The maximum atomic E-state index is 12.6. The van der Waals surface area contributed by atoms with Gasteiger partial charge in [-0.2, -0.15) is 0 Å². The number of benzene rings is 1. The number of thiophene rings is 1. The molecule has 4 rings (SSSR count). The first kappa shape index (κ1) is 23.3. The maximum absolute atomic E-state index is 12.6. The van der Waals surface area contributed by atoms with Gasteiger partial charge in [0.25, 0.3) is 5.22 Å². The number of carbonyl (C=O) groups is 2. The van der Waals surface area contributed by atoms with E-state index in [2.05, 4.69) is 22.4 Å². The minimum Gasteiger partial charge on any atom is -0.462 e. The Kier molecular flexibility index (Phi) is 7.61. The first-order valence-electron chi connectivity index (χ1n) is 10.8. The summed E-state index contributed by atoms with van der Waals surface area (Å²) in [5.41, 5.74) is 2.55. The molecule has 33 heavy (non-hydrogen) atoms. The Balaban J connectivity index is 1.39. The molecule has 0 fully saturated rings. The Morgan fingerprint density at radius 1 is 1.27 bits per heavy atom.